The van der Waals surface area contributed by atoms with Gasteiger partial charge in [0.25, 0.3) is 5.84 Å². The van der Waals surface area contributed by atoms with Gasteiger partial charge in [0.1, 0.15) is 17.2 Å². The van der Waals surface area contributed by atoms with Crippen molar-refractivity contribution in [2.45, 2.75) is 24.5 Å². The van der Waals surface area contributed by atoms with Crippen molar-refractivity contribution in [3.63, 3.8) is 0 Å². The fraction of sp³-hybridized carbons (Fsp3) is 0.227. The highest BCUT2D eigenvalue weighted by molar-refractivity contribution is 6.07. The molecule has 2 atom stereocenters. The Morgan fingerprint density at radius 3 is 2.53 bits per heavy atom. The lowest BCUT2D eigenvalue weighted by Crippen LogP contribution is -2.79. The second-order valence-corrected chi connectivity index (χ2v) is 7.79. The number of Topliss-reactive ketones (excluding diaryl/α,β-unsaturated/α-hetero) is 1. The van der Waals surface area contributed by atoms with E-state index in [0.717, 1.165) is 18.3 Å². The van der Waals surface area contributed by atoms with Gasteiger partial charge in [-0.25, -0.2) is 9.79 Å². The Morgan fingerprint density at radius 1 is 1.17 bits per heavy atom. The van der Waals surface area contributed by atoms with E-state index in [0.29, 0.717) is 0 Å². The molecule has 36 heavy (non-hydrogen) atoms. The smallest absolute Gasteiger partial charge is 0.460 e. The average molecular weight is 515 g/mol. The molecular formula is C22H17F6N4O4+. The van der Waals surface area contributed by atoms with E-state index in [1.807, 2.05) is 0 Å². The first-order valence-corrected chi connectivity index (χ1v) is 10.2. The van der Waals surface area contributed by atoms with E-state index in [-0.39, 0.29) is 46.3 Å². The summed E-state index contributed by atoms with van der Waals surface area (Å²) in [6.07, 6.45) is -10.8. The molecule has 0 saturated carbocycles. The molecule has 0 fully saturated rings. The maximum absolute atomic E-state index is 13.1. The molecule has 0 aliphatic carbocycles. The number of rotatable bonds is 3. The molecule has 4 rings (SSSR count). The van der Waals surface area contributed by atoms with Crippen LogP contribution in [0.5, 0.6) is 0 Å². The van der Waals surface area contributed by atoms with Crippen LogP contribution in [-0.2, 0) is 20.5 Å². The van der Waals surface area contributed by atoms with Crippen LogP contribution in [0.1, 0.15) is 17.2 Å². The third-order valence-corrected chi connectivity index (χ3v) is 5.51. The van der Waals surface area contributed by atoms with Crippen LogP contribution in [0.4, 0.5) is 26.3 Å². The average Bonchev–Trinajstić information content (AvgIpc) is 3.29. The van der Waals surface area contributed by atoms with Crippen LogP contribution in [0.15, 0.2) is 63.9 Å². The highest BCUT2D eigenvalue weighted by atomic mass is 19.4. The number of hydrogen-bond donors (Lipinski definition) is 4. The van der Waals surface area contributed by atoms with Crippen LogP contribution in [0.3, 0.4) is 0 Å². The number of ether oxygens (including phenoxy) is 1. The maximum atomic E-state index is 13.1. The number of benzene rings is 1. The van der Waals surface area contributed by atoms with Crippen LogP contribution < -0.4 is 21.8 Å². The molecule has 2 unspecified atom stereocenters. The fourth-order valence-corrected chi connectivity index (χ4v) is 3.91. The van der Waals surface area contributed by atoms with E-state index < -0.39 is 41.8 Å². The SMILES string of the molecule is N/C=C1\C(N)=[NH+]C2=C(C(=O)C(OC(=O)C(F)(F)F)NC2)C1c1ccc(-c2cccc(C(F)(F)F)c2)o1. The first-order valence-electron chi connectivity index (χ1n) is 10.2. The molecule has 2 aromatic rings. The van der Waals surface area contributed by atoms with Crippen LogP contribution in [0.2, 0.25) is 0 Å². The van der Waals surface area contributed by atoms with Gasteiger partial charge in [0.15, 0.2) is 0 Å². The number of carbonyl (C=O) groups excluding carboxylic acids is 2. The number of furan rings is 1. The van der Waals surface area contributed by atoms with E-state index in [4.69, 9.17) is 15.9 Å². The van der Waals surface area contributed by atoms with Gasteiger partial charge in [0, 0.05) is 11.8 Å². The molecule has 0 amide bonds. The second kappa shape index (κ2) is 8.86. The van der Waals surface area contributed by atoms with E-state index in [2.05, 4.69) is 15.0 Å². The number of esters is 1. The Bertz CT molecular complexity index is 1320. The third-order valence-electron chi connectivity index (χ3n) is 5.51. The number of alkyl halides is 6. The minimum absolute atomic E-state index is 0.0126. The van der Waals surface area contributed by atoms with Gasteiger partial charge in [0.2, 0.25) is 12.0 Å². The fourth-order valence-electron chi connectivity index (χ4n) is 3.91. The topological polar surface area (TPSA) is 135 Å². The van der Waals surface area contributed by atoms with Gasteiger partial charge in [0.05, 0.1) is 29.2 Å². The van der Waals surface area contributed by atoms with E-state index in [9.17, 15) is 35.9 Å². The van der Waals surface area contributed by atoms with E-state index >= 15 is 0 Å². The summed E-state index contributed by atoms with van der Waals surface area (Å²) in [5, 5.41) is 2.38. The van der Waals surface area contributed by atoms with Crippen molar-refractivity contribution in [1.29, 1.82) is 0 Å². The molecule has 0 radical (unpaired) electrons. The van der Waals surface area contributed by atoms with E-state index in [1.165, 1.54) is 24.3 Å². The Labute approximate surface area is 198 Å². The molecule has 190 valence electrons. The number of hydrogen-bond acceptors (Lipinski definition) is 7. The summed E-state index contributed by atoms with van der Waals surface area (Å²) >= 11 is 0. The zero-order chi connectivity index (χ0) is 26.4. The quantitative estimate of drug-likeness (QED) is 0.357. The van der Waals surface area contributed by atoms with Gasteiger partial charge in [-0.05, 0) is 24.3 Å². The summed E-state index contributed by atoms with van der Waals surface area (Å²) in [6.45, 7) is -0.229. The zero-order valence-corrected chi connectivity index (χ0v) is 18.0. The van der Waals surface area contributed by atoms with Crippen molar-refractivity contribution in [2.75, 3.05) is 6.54 Å². The lowest BCUT2D eigenvalue weighted by atomic mass is 9.81. The Hall–Kier alpha value is -4.07. The second-order valence-electron chi connectivity index (χ2n) is 7.79. The molecule has 6 N–H and O–H groups in total. The first kappa shape index (κ1) is 25.0. The maximum Gasteiger partial charge on any atom is 0.490 e. The largest absolute Gasteiger partial charge is 0.490 e. The summed E-state index contributed by atoms with van der Waals surface area (Å²) in [7, 11) is 0. The highest BCUT2D eigenvalue weighted by Crippen LogP contribution is 2.39. The predicted octanol–water partition coefficient (Wildman–Crippen LogP) is 1.20. The third kappa shape index (κ3) is 4.58. The number of nitrogens with two attached hydrogens (primary N) is 2. The summed E-state index contributed by atoms with van der Waals surface area (Å²) in [6, 6.07) is 7.07. The molecule has 0 bridgehead atoms. The predicted molar refractivity (Wildman–Crippen MR) is 110 cm³/mol. The lowest BCUT2D eigenvalue weighted by Gasteiger charge is -2.30. The summed E-state index contributed by atoms with van der Waals surface area (Å²) in [4.78, 5) is 27.1. The summed E-state index contributed by atoms with van der Waals surface area (Å²) in [5.41, 5.74) is 11.0. The molecular weight excluding hydrogens is 498 g/mol. The summed E-state index contributed by atoms with van der Waals surface area (Å²) in [5.74, 6) is -4.68. The van der Waals surface area contributed by atoms with Crippen molar-refractivity contribution in [2.24, 2.45) is 11.5 Å². The number of halogens is 6. The number of ketones is 1. The van der Waals surface area contributed by atoms with Gasteiger partial charge in [-0.2, -0.15) is 26.3 Å². The van der Waals surface area contributed by atoms with Gasteiger partial charge >= 0.3 is 18.3 Å². The summed E-state index contributed by atoms with van der Waals surface area (Å²) < 4.78 is 87.4. The lowest BCUT2D eigenvalue weighted by molar-refractivity contribution is -0.403. The molecule has 8 nitrogen and oxygen atoms in total. The molecule has 2 aliphatic heterocycles. The first-order chi connectivity index (χ1) is 16.8. The van der Waals surface area contributed by atoms with Crippen LogP contribution in [0.25, 0.3) is 11.3 Å². The Kier molecular flexibility index (Phi) is 6.16. The molecule has 0 spiro atoms. The van der Waals surface area contributed by atoms with Crippen LogP contribution >= 0.6 is 0 Å². The Morgan fingerprint density at radius 2 is 1.89 bits per heavy atom. The van der Waals surface area contributed by atoms with Gasteiger partial charge in [-0.15, -0.1) is 0 Å². The van der Waals surface area contributed by atoms with Crippen molar-refractivity contribution in [3.05, 3.63) is 70.8 Å². The van der Waals surface area contributed by atoms with Crippen molar-refractivity contribution >= 4 is 17.6 Å². The van der Waals surface area contributed by atoms with Crippen molar-refractivity contribution < 1.29 is 50.1 Å². The zero-order valence-electron chi connectivity index (χ0n) is 18.0. The molecule has 0 saturated heterocycles. The van der Waals surface area contributed by atoms with Crippen LogP contribution in [0, 0.1) is 0 Å². The minimum atomic E-state index is -5.33. The van der Waals surface area contributed by atoms with Crippen LogP contribution in [-0.4, -0.2) is 36.5 Å². The molecule has 3 heterocycles. The van der Waals surface area contributed by atoms with E-state index in [1.54, 1.807) is 0 Å². The molecule has 1 aromatic carbocycles. The number of carbonyl (C=O) groups is 2. The molecule has 1 aromatic heterocycles. The van der Waals surface area contributed by atoms with Gasteiger partial charge < -0.3 is 14.9 Å². The number of nitrogens with one attached hydrogen (secondary N) is 2. The monoisotopic (exact) mass is 515 g/mol. The minimum Gasteiger partial charge on any atom is -0.460 e. The standard InChI is InChI=1S/C22H16F6N4O4/c23-21(24,25)10-3-1-2-9(6-10)13-4-5-14(35-13)15-11(7-29)18(30)32-12-8-31-19(17(33)16(12)15)36-20(34)22(26,27)28/h1-7,15,19,31H,8,29H2,(H2,30,32)/p+1/b11-7-. The Balaban J connectivity index is 1.73. The normalized spacial score (nSPS) is 21.9. The highest BCUT2D eigenvalue weighted by Gasteiger charge is 2.48. The molecule has 14 heteroatoms. The number of amidine groups is 1. The van der Waals surface area contributed by atoms with Gasteiger partial charge in [-0.3, -0.25) is 15.8 Å². The molecule has 2 aliphatic rings. The van der Waals surface area contributed by atoms with Crippen molar-refractivity contribution in [1.82, 2.24) is 5.32 Å². The van der Waals surface area contributed by atoms with Gasteiger partial charge in [-0.1, -0.05) is 12.1 Å². The van der Waals surface area contributed by atoms with Crippen molar-refractivity contribution in [3.8, 4) is 11.3 Å².